The summed E-state index contributed by atoms with van der Waals surface area (Å²) in [4.78, 5) is 30.6. The Morgan fingerprint density at radius 2 is 1.96 bits per heavy atom. The number of aryl methyl sites for hydroxylation is 1. The highest BCUT2D eigenvalue weighted by atomic mass is 32.2. The van der Waals surface area contributed by atoms with Gasteiger partial charge in [0, 0.05) is 13.1 Å². The molecule has 0 bridgehead atoms. The molecule has 4 rings (SSSR count). The average Bonchev–Trinajstić information content (AvgIpc) is 3.30. The highest BCUT2D eigenvalue weighted by Gasteiger charge is 2.36. The van der Waals surface area contributed by atoms with Gasteiger partial charge in [0.15, 0.2) is 5.84 Å². The molecule has 138 valence electrons. The Bertz CT molecular complexity index is 911. The Kier molecular flexibility index (Phi) is 4.65. The van der Waals surface area contributed by atoms with Crippen molar-refractivity contribution in [1.29, 1.82) is 5.41 Å². The first-order chi connectivity index (χ1) is 13.0. The monoisotopic (exact) mass is 381 g/mol. The van der Waals surface area contributed by atoms with E-state index in [9.17, 15) is 9.59 Å². The second-order valence-corrected chi connectivity index (χ2v) is 7.73. The van der Waals surface area contributed by atoms with Crippen LogP contribution in [0.1, 0.15) is 30.4 Å². The van der Waals surface area contributed by atoms with Crippen LogP contribution in [0, 0.1) is 12.3 Å². The van der Waals surface area contributed by atoms with Crippen molar-refractivity contribution < 1.29 is 9.59 Å². The minimum Gasteiger partial charge on any atom is -0.342 e. The summed E-state index contributed by atoms with van der Waals surface area (Å²) in [7, 11) is 0. The molecule has 1 fully saturated rings. The predicted octanol–water partition coefficient (Wildman–Crippen LogP) is 2.63. The number of aliphatic imine (C=N–C) groups is 1. The Morgan fingerprint density at radius 1 is 1.26 bits per heavy atom. The Morgan fingerprint density at radius 3 is 2.67 bits per heavy atom. The highest BCUT2D eigenvalue weighted by molar-refractivity contribution is 8.27. The molecule has 3 heterocycles. The van der Waals surface area contributed by atoms with Gasteiger partial charge in [0.1, 0.15) is 5.04 Å². The summed E-state index contributed by atoms with van der Waals surface area (Å²) >= 11 is 1.19. The van der Waals surface area contributed by atoms with Crippen molar-refractivity contribution in [3.63, 3.8) is 0 Å². The fourth-order valence-corrected chi connectivity index (χ4v) is 4.02. The second kappa shape index (κ2) is 7.11. The number of fused-ring (bicyclic) bond motifs is 1. The van der Waals surface area contributed by atoms with E-state index >= 15 is 0 Å². The van der Waals surface area contributed by atoms with Gasteiger partial charge in [-0.2, -0.15) is 15.1 Å². The molecular weight excluding hydrogens is 362 g/mol. The number of carbonyl (C=O) groups is 2. The average molecular weight is 381 g/mol. The highest BCUT2D eigenvalue weighted by Crippen LogP contribution is 2.29. The van der Waals surface area contributed by atoms with Gasteiger partial charge in [-0.25, -0.2) is 0 Å². The minimum atomic E-state index is -0.457. The number of amides is 2. The zero-order valence-corrected chi connectivity index (χ0v) is 15.8. The number of hydrazone groups is 1. The normalized spacial score (nSPS) is 20.9. The lowest BCUT2D eigenvalue weighted by Crippen LogP contribution is -2.35. The van der Waals surface area contributed by atoms with Gasteiger partial charge >= 0.3 is 0 Å². The Hall–Kier alpha value is -2.74. The maximum absolute atomic E-state index is 12.4. The first-order valence-electron chi connectivity index (χ1n) is 8.85. The van der Waals surface area contributed by atoms with Crippen LogP contribution in [0.25, 0.3) is 6.08 Å². The summed E-state index contributed by atoms with van der Waals surface area (Å²) < 4.78 is 0. The number of thioether (sulfide) groups is 1. The summed E-state index contributed by atoms with van der Waals surface area (Å²) in [6.45, 7) is 3.57. The van der Waals surface area contributed by atoms with Gasteiger partial charge in [-0.15, -0.1) is 0 Å². The summed E-state index contributed by atoms with van der Waals surface area (Å²) in [5.74, 6) is -0.434. The first kappa shape index (κ1) is 17.7. The number of hydrogen-bond donors (Lipinski definition) is 1. The molecule has 3 aliphatic heterocycles. The molecular formula is C19H19N5O2S. The lowest BCUT2D eigenvalue weighted by Gasteiger charge is -2.20. The van der Waals surface area contributed by atoms with Crippen molar-refractivity contribution in [2.24, 2.45) is 10.1 Å². The SMILES string of the molecule is Cc1ccc(C=C2C(=N)N3N=C(CC(=O)N4CCCC4)SC3=NC2=O)cc1. The molecule has 0 aromatic heterocycles. The molecule has 0 aliphatic carbocycles. The molecule has 3 aliphatic rings. The number of rotatable bonds is 3. The van der Waals surface area contributed by atoms with Gasteiger partial charge in [0.05, 0.1) is 12.0 Å². The third-order valence-corrected chi connectivity index (χ3v) is 5.55. The van der Waals surface area contributed by atoms with E-state index in [1.165, 1.54) is 16.8 Å². The van der Waals surface area contributed by atoms with Crippen molar-refractivity contribution in [3.8, 4) is 0 Å². The van der Waals surface area contributed by atoms with Crippen LogP contribution in [-0.4, -0.2) is 50.9 Å². The molecule has 7 nitrogen and oxygen atoms in total. The maximum atomic E-state index is 12.4. The van der Waals surface area contributed by atoms with Crippen molar-refractivity contribution in [2.75, 3.05) is 13.1 Å². The Labute approximate surface area is 161 Å². The van der Waals surface area contributed by atoms with Gasteiger partial charge in [-0.3, -0.25) is 15.0 Å². The van der Waals surface area contributed by atoms with Crippen LogP contribution in [0.15, 0.2) is 39.9 Å². The number of amidine groups is 2. The molecule has 0 unspecified atom stereocenters. The quantitative estimate of drug-likeness (QED) is 0.815. The standard InChI is InChI=1S/C19H19N5O2S/c1-12-4-6-13(7-5-12)10-14-17(20)24-19(21-18(14)26)27-15(22-24)11-16(25)23-8-2-3-9-23/h4-7,10,20H,2-3,8-9,11H2,1H3. The molecule has 8 heteroatoms. The van der Waals surface area contributed by atoms with E-state index < -0.39 is 5.91 Å². The summed E-state index contributed by atoms with van der Waals surface area (Å²) in [6.07, 6.45) is 3.91. The summed E-state index contributed by atoms with van der Waals surface area (Å²) in [5.41, 5.74) is 2.14. The zero-order chi connectivity index (χ0) is 19.0. The lowest BCUT2D eigenvalue weighted by molar-refractivity contribution is -0.128. The molecule has 2 amide bonds. The van der Waals surface area contributed by atoms with Crippen molar-refractivity contribution in [2.45, 2.75) is 26.2 Å². The largest absolute Gasteiger partial charge is 0.342 e. The van der Waals surface area contributed by atoms with E-state index in [-0.39, 0.29) is 23.7 Å². The molecule has 1 aromatic rings. The number of nitrogens with zero attached hydrogens (tertiary/aromatic N) is 4. The topological polar surface area (TPSA) is 89.2 Å². The van der Waals surface area contributed by atoms with Gasteiger partial charge in [-0.1, -0.05) is 29.8 Å². The van der Waals surface area contributed by atoms with Crippen molar-refractivity contribution >= 4 is 45.7 Å². The lowest BCUT2D eigenvalue weighted by atomic mass is 10.1. The van der Waals surface area contributed by atoms with E-state index in [1.54, 1.807) is 6.08 Å². The van der Waals surface area contributed by atoms with Crippen LogP contribution in [0.4, 0.5) is 0 Å². The van der Waals surface area contributed by atoms with Crippen LogP contribution in [-0.2, 0) is 9.59 Å². The van der Waals surface area contributed by atoms with E-state index in [0.29, 0.717) is 10.2 Å². The summed E-state index contributed by atoms with van der Waals surface area (Å²) in [5, 5.41) is 15.0. The predicted molar refractivity (Wildman–Crippen MR) is 107 cm³/mol. The molecule has 0 atom stereocenters. The third-order valence-electron chi connectivity index (χ3n) is 4.65. The van der Waals surface area contributed by atoms with Crippen LogP contribution < -0.4 is 0 Å². The molecule has 1 N–H and O–H groups in total. The maximum Gasteiger partial charge on any atom is 0.283 e. The van der Waals surface area contributed by atoms with Crippen LogP contribution >= 0.6 is 11.8 Å². The first-order valence-corrected chi connectivity index (χ1v) is 9.66. The number of hydrogen-bond acceptors (Lipinski definition) is 5. The van der Waals surface area contributed by atoms with Gasteiger partial charge < -0.3 is 4.90 Å². The van der Waals surface area contributed by atoms with Crippen molar-refractivity contribution in [1.82, 2.24) is 9.91 Å². The van der Waals surface area contributed by atoms with Crippen LogP contribution in [0.2, 0.25) is 0 Å². The number of benzene rings is 1. The fraction of sp³-hybridized carbons (Fsp3) is 0.316. The van der Waals surface area contributed by atoms with Crippen LogP contribution in [0.5, 0.6) is 0 Å². The van der Waals surface area contributed by atoms with E-state index in [1.807, 2.05) is 36.1 Å². The number of nitrogens with one attached hydrogen (secondary N) is 1. The fourth-order valence-electron chi connectivity index (χ4n) is 3.14. The van der Waals surface area contributed by atoms with Crippen molar-refractivity contribution in [3.05, 3.63) is 41.0 Å². The zero-order valence-electron chi connectivity index (χ0n) is 14.9. The smallest absolute Gasteiger partial charge is 0.283 e. The summed E-state index contributed by atoms with van der Waals surface area (Å²) in [6, 6.07) is 7.68. The van der Waals surface area contributed by atoms with Gasteiger partial charge in [-0.05, 0) is 43.2 Å². The molecule has 0 radical (unpaired) electrons. The molecule has 0 spiro atoms. The Balaban J connectivity index is 1.54. The third kappa shape index (κ3) is 3.57. The minimum absolute atomic E-state index is 0.0123. The molecule has 1 aromatic carbocycles. The van der Waals surface area contributed by atoms with Crippen LogP contribution in [0.3, 0.4) is 0 Å². The number of likely N-dealkylation sites (tertiary alicyclic amines) is 1. The van der Waals surface area contributed by atoms with E-state index in [0.717, 1.165) is 37.1 Å². The van der Waals surface area contributed by atoms with Gasteiger partial charge in [0.2, 0.25) is 11.1 Å². The second-order valence-electron chi connectivity index (χ2n) is 6.69. The molecule has 27 heavy (non-hydrogen) atoms. The molecule has 0 saturated carbocycles. The number of carbonyl (C=O) groups excluding carboxylic acids is 2. The van der Waals surface area contributed by atoms with E-state index in [4.69, 9.17) is 5.41 Å². The molecule has 1 saturated heterocycles. The van der Waals surface area contributed by atoms with Gasteiger partial charge in [0.25, 0.3) is 5.91 Å². The van der Waals surface area contributed by atoms with E-state index in [2.05, 4.69) is 10.1 Å².